The van der Waals surface area contributed by atoms with Gasteiger partial charge >= 0.3 is 0 Å². The Kier molecular flexibility index (Phi) is 6.62. The van der Waals surface area contributed by atoms with E-state index >= 15 is 0 Å². The molecule has 1 aliphatic rings. The molecule has 0 spiro atoms. The predicted molar refractivity (Wildman–Crippen MR) is 74.2 cm³/mol. The second-order valence-corrected chi connectivity index (χ2v) is 5.29. The molecule has 1 aliphatic heterocycles. The number of nitrogens with two attached hydrogens (primary N) is 1. The normalized spacial score (nSPS) is 19.1. The topological polar surface area (TPSA) is 49.6 Å². The quantitative estimate of drug-likeness (QED) is 0.700. The average molecular weight is 257 g/mol. The first kappa shape index (κ1) is 14.5. The first-order valence-electron chi connectivity index (χ1n) is 6.05. The summed E-state index contributed by atoms with van der Waals surface area (Å²) in [6.07, 6.45) is 4.71. The summed E-state index contributed by atoms with van der Waals surface area (Å²) >= 11 is 1.73. The zero-order valence-corrected chi connectivity index (χ0v) is 11.4. The minimum Gasteiger partial charge on any atom is -0.339 e. The molecule has 98 valence electrons. The minimum atomic E-state index is -0.326. The summed E-state index contributed by atoms with van der Waals surface area (Å²) in [5.74, 6) is 1.06. The van der Waals surface area contributed by atoms with E-state index in [0.717, 1.165) is 44.9 Å². The van der Waals surface area contributed by atoms with E-state index in [0.29, 0.717) is 0 Å². The number of piperazine rings is 1. The van der Waals surface area contributed by atoms with E-state index in [-0.39, 0.29) is 11.9 Å². The Balaban J connectivity index is 2.32. The van der Waals surface area contributed by atoms with Crippen molar-refractivity contribution in [1.82, 2.24) is 9.80 Å². The van der Waals surface area contributed by atoms with E-state index in [9.17, 15) is 4.79 Å². The Morgan fingerprint density at radius 1 is 1.47 bits per heavy atom. The van der Waals surface area contributed by atoms with Gasteiger partial charge in [-0.3, -0.25) is 9.69 Å². The maximum absolute atomic E-state index is 12.0. The molecule has 0 aliphatic carbocycles. The fourth-order valence-electron chi connectivity index (χ4n) is 1.94. The molecular formula is C12H23N3OS. The van der Waals surface area contributed by atoms with Gasteiger partial charge in [0.25, 0.3) is 0 Å². The monoisotopic (exact) mass is 257 g/mol. The molecule has 4 nitrogen and oxygen atoms in total. The van der Waals surface area contributed by atoms with Gasteiger partial charge in [-0.05, 0) is 18.4 Å². The number of nitrogens with zero attached hydrogens (tertiary/aromatic N) is 2. The molecule has 0 radical (unpaired) electrons. The summed E-state index contributed by atoms with van der Waals surface area (Å²) in [5, 5.41) is 0. The summed E-state index contributed by atoms with van der Waals surface area (Å²) in [4.78, 5) is 16.2. The maximum atomic E-state index is 12.0. The van der Waals surface area contributed by atoms with Crippen LogP contribution in [0.1, 0.15) is 6.42 Å². The van der Waals surface area contributed by atoms with Crippen LogP contribution in [0, 0.1) is 0 Å². The summed E-state index contributed by atoms with van der Waals surface area (Å²) in [6.45, 7) is 8.06. The second-order valence-electron chi connectivity index (χ2n) is 4.30. The predicted octanol–water partition coefficient (Wildman–Crippen LogP) is 0.397. The van der Waals surface area contributed by atoms with Gasteiger partial charge in [0.1, 0.15) is 0 Å². The molecule has 0 aromatic carbocycles. The number of rotatable bonds is 6. The molecule has 0 aromatic heterocycles. The number of hydrogen-bond donors (Lipinski definition) is 1. The molecule has 1 fully saturated rings. The van der Waals surface area contributed by atoms with Gasteiger partial charge in [0.2, 0.25) is 5.91 Å². The van der Waals surface area contributed by atoms with Crippen molar-refractivity contribution in [1.29, 1.82) is 0 Å². The molecule has 1 atom stereocenters. The maximum Gasteiger partial charge on any atom is 0.239 e. The molecule has 0 bridgehead atoms. The lowest BCUT2D eigenvalue weighted by Gasteiger charge is -2.35. The highest BCUT2D eigenvalue weighted by molar-refractivity contribution is 7.98. The van der Waals surface area contributed by atoms with Crippen LogP contribution in [-0.2, 0) is 4.79 Å². The van der Waals surface area contributed by atoms with Crippen molar-refractivity contribution in [2.45, 2.75) is 12.5 Å². The van der Waals surface area contributed by atoms with Crippen LogP contribution in [-0.4, -0.2) is 66.5 Å². The van der Waals surface area contributed by atoms with Gasteiger partial charge in [0.15, 0.2) is 0 Å². The SMILES string of the molecule is C=CCN1CCN(C(=O)[C@@H](N)CCSC)CC1. The van der Waals surface area contributed by atoms with Crippen LogP contribution in [0.15, 0.2) is 12.7 Å². The number of thioether (sulfide) groups is 1. The number of carbonyl (C=O) groups is 1. The van der Waals surface area contributed by atoms with Gasteiger partial charge in [0.05, 0.1) is 6.04 Å². The fraction of sp³-hybridized carbons (Fsp3) is 0.750. The molecule has 5 heteroatoms. The lowest BCUT2D eigenvalue weighted by Crippen LogP contribution is -2.53. The average Bonchev–Trinajstić information content (AvgIpc) is 2.36. The second kappa shape index (κ2) is 7.74. The van der Waals surface area contributed by atoms with Crippen LogP contribution in [0.5, 0.6) is 0 Å². The van der Waals surface area contributed by atoms with E-state index in [1.54, 1.807) is 11.8 Å². The molecule has 0 saturated carbocycles. The van der Waals surface area contributed by atoms with E-state index in [1.165, 1.54) is 0 Å². The van der Waals surface area contributed by atoms with Gasteiger partial charge in [0, 0.05) is 32.7 Å². The number of amides is 1. The molecule has 2 N–H and O–H groups in total. The summed E-state index contributed by atoms with van der Waals surface area (Å²) in [6, 6.07) is -0.326. The highest BCUT2D eigenvalue weighted by Crippen LogP contribution is 2.06. The number of carbonyl (C=O) groups excluding carboxylic acids is 1. The smallest absolute Gasteiger partial charge is 0.239 e. The van der Waals surface area contributed by atoms with E-state index in [2.05, 4.69) is 11.5 Å². The van der Waals surface area contributed by atoms with Crippen LogP contribution in [0.4, 0.5) is 0 Å². The molecule has 1 rings (SSSR count). The zero-order chi connectivity index (χ0) is 12.7. The zero-order valence-electron chi connectivity index (χ0n) is 10.6. The van der Waals surface area contributed by atoms with Crippen molar-refractivity contribution in [3.63, 3.8) is 0 Å². The Bertz CT molecular complexity index is 252. The Morgan fingerprint density at radius 3 is 2.65 bits per heavy atom. The van der Waals surface area contributed by atoms with Crippen LogP contribution in [0.25, 0.3) is 0 Å². The van der Waals surface area contributed by atoms with Crippen LogP contribution in [0.3, 0.4) is 0 Å². The van der Waals surface area contributed by atoms with E-state index < -0.39 is 0 Å². The summed E-state index contributed by atoms with van der Waals surface area (Å²) < 4.78 is 0. The summed E-state index contributed by atoms with van der Waals surface area (Å²) in [5.41, 5.74) is 5.89. The molecule has 1 heterocycles. The third kappa shape index (κ3) is 4.69. The van der Waals surface area contributed by atoms with Gasteiger partial charge < -0.3 is 10.6 Å². The molecule has 1 saturated heterocycles. The van der Waals surface area contributed by atoms with E-state index in [4.69, 9.17) is 5.73 Å². The number of hydrogen-bond acceptors (Lipinski definition) is 4. The molecule has 17 heavy (non-hydrogen) atoms. The third-order valence-electron chi connectivity index (χ3n) is 3.02. The van der Waals surface area contributed by atoms with Gasteiger partial charge in [-0.1, -0.05) is 6.08 Å². The van der Waals surface area contributed by atoms with Crippen LogP contribution < -0.4 is 5.73 Å². The lowest BCUT2D eigenvalue weighted by atomic mass is 10.2. The van der Waals surface area contributed by atoms with Crippen molar-refractivity contribution in [2.75, 3.05) is 44.7 Å². The van der Waals surface area contributed by atoms with Crippen LogP contribution in [0.2, 0.25) is 0 Å². The van der Waals surface area contributed by atoms with Gasteiger partial charge in [-0.15, -0.1) is 6.58 Å². The van der Waals surface area contributed by atoms with Gasteiger partial charge in [-0.2, -0.15) is 11.8 Å². The van der Waals surface area contributed by atoms with Crippen molar-refractivity contribution in [3.05, 3.63) is 12.7 Å². The van der Waals surface area contributed by atoms with Crippen molar-refractivity contribution in [3.8, 4) is 0 Å². The standard InChI is InChI=1S/C12H23N3OS/c1-3-5-14-6-8-15(9-7-14)12(16)11(13)4-10-17-2/h3,11H,1,4-10,13H2,2H3/t11-/m0/s1. The molecule has 0 unspecified atom stereocenters. The van der Waals surface area contributed by atoms with E-state index in [1.807, 2.05) is 17.2 Å². The van der Waals surface area contributed by atoms with Crippen molar-refractivity contribution >= 4 is 17.7 Å². The first-order valence-corrected chi connectivity index (χ1v) is 7.45. The molecular weight excluding hydrogens is 234 g/mol. The summed E-state index contributed by atoms with van der Waals surface area (Å²) in [7, 11) is 0. The first-order chi connectivity index (χ1) is 8.19. The third-order valence-corrected chi connectivity index (χ3v) is 3.67. The Hall–Kier alpha value is -0.520. The van der Waals surface area contributed by atoms with Crippen molar-refractivity contribution in [2.24, 2.45) is 5.73 Å². The Labute approximate surface area is 108 Å². The Morgan fingerprint density at radius 2 is 2.12 bits per heavy atom. The largest absolute Gasteiger partial charge is 0.339 e. The fourth-order valence-corrected chi connectivity index (χ4v) is 2.43. The minimum absolute atomic E-state index is 0.109. The van der Waals surface area contributed by atoms with Crippen LogP contribution >= 0.6 is 11.8 Å². The molecule has 1 amide bonds. The van der Waals surface area contributed by atoms with Gasteiger partial charge in [-0.25, -0.2) is 0 Å². The highest BCUT2D eigenvalue weighted by Gasteiger charge is 2.24. The lowest BCUT2D eigenvalue weighted by molar-refractivity contribution is -0.134. The molecule has 0 aromatic rings. The highest BCUT2D eigenvalue weighted by atomic mass is 32.2. The van der Waals surface area contributed by atoms with Crippen molar-refractivity contribution < 1.29 is 4.79 Å².